The molecule has 3 aliphatic rings. The first-order valence-electron chi connectivity index (χ1n) is 12.5. The maximum atomic E-state index is 13.1. The number of hydrogen-bond acceptors (Lipinski definition) is 6. The van der Waals surface area contributed by atoms with Gasteiger partial charge in [-0.25, -0.2) is 9.59 Å². The van der Waals surface area contributed by atoms with Crippen molar-refractivity contribution in [2.45, 2.75) is 91.3 Å². The third kappa shape index (κ3) is 6.44. The fourth-order valence-electron chi connectivity index (χ4n) is 4.62. The second-order valence-electron chi connectivity index (χ2n) is 9.27. The van der Waals surface area contributed by atoms with Gasteiger partial charge >= 0.3 is 11.9 Å². The van der Waals surface area contributed by atoms with E-state index in [9.17, 15) is 19.8 Å². The quantitative estimate of drug-likeness (QED) is 0.302. The topological polar surface area (TPSA) is 93.1 Å². The number of rotatable bonds is 14. The van der Waals surface area contributed by atoms with Crippen molar-refractivity contribution in [3.63, 3.8) is 0 Å². The molecule has 0 heterocycles. The number of esters is 2. The molecule has 4 unspecified atom stereocenters. The lowest BCUT2D eigenvalue weighted by Crippen LogP contribution is -2.50. The van der Waals surface area contributed by atoms with Crippen LogP contribution >= 0.6 is 0 Å². The molecule has 2 bridgehead atoms. The Balaban J connectivity index is 2.18. The van der Waals surface area contributed by atoms with E-state index in [1.165, 1.54) is 0 Å². The summed E-state index contributed by atoms with van der Waals surface area (Å²) in [6, 6.07) is 0. The molecule has 6 atom stereocenters. The summed E-state index contributed by atoms with van der Waals surface area (Å²) in [6.45, 7) is 8.98. The van der Waals surface area contributed by atoms with Crippen LogP contribution in [-0.2, 0) is 19.1 Å². The number of aliphatic hydroxyl groups excluding tert-OH is 2. The Morgan fingerprint density at radius 3 is 1.47 bits per heavy atom. The molecule has 182 valence electrons. The van der Waals surface area contributed by atoms with Crippen LogP contribution < -0.4 is 0 Å². The van der Waals surface area contributed by atoms with Crippen LogP contribution in [0.4, 0.5) is 0 Å². The second kappa shape index (κ2) is 13.1. The van der Waals surface area contributed by atoms with E-state index in [2.05, 4.69) is 27.7 Å². The summed E-state index contributed by atoms with van der Waals surface area (Å²) in [5.74, 6) is -2.16. The zero-order chi connectivity index (χ0) is 23.7. The van der Waals surface area contributed by atoms with Gasteiger partial charge in [-0.2, -0.15) is 0 Å². The Morgan fingerprint density at radius 1 is 0.781 bits per heavy atom. The summed E-state index contributed by atoms with van der Waals surface area (Å²) in [6.07, 6.45) is 9.21. The summed E-state index contributed by atoms with van der Waals surface area (Å²) in [7, 11) is 0. The van der Waals surface area contributed by atoms with Crippen LogP contribution in [0.2, 0.25) is 0 Å². The second-order valence-corrected chi connectivity index (χ2v) is 9.27. The molecule has 0 saturated carbocycles. The van der Waals surface area contributed by atoms with Gasteiger partial charge in [0.2, 0.25) is 0 Å². The molecule has 6 nitrogen and oxygen atoms in total. The molecule has 3 rings (SSSR count). The van der Waals surface area contributed by atoms with Crippen LogP contribution in [0.15, 0.2) is 23.3 Å². The predicted molar refractivity (Wildman–Crippen MR) is 124 cm³/mol. The van der Waals surface area contributed by atoms with E-state index in [1.807, 2.05) is 0 Å². The fraction of sp³-hybridized carbons (Fsp3) is 0.769. The third-order valence-corrected chi connectivity index (χ3v) is 7.00. The Morgan fingerprint density at radius 2 is 1.16 bits per heavy atom. The maximum absolute atomic E-state index is 13.1. The highest BCUT2D eigenvalue weighted by Crippen LogP contribution is 2.42. The summed E-state index contributed by atoms with van der Waals surface area (Å²) in [5.41, 5.74) is 0.291. The van der Waals surface area contributed by atoms with E-state index in [0.717, 1.165) is 51.4 Å². The van der Waals surface area contributed by atoms with Gasteiger partial charge in [-0.15, -0.1) is 0 Å². The van der Waals surface area contributed by atoms with Crippen molar-refractivity contribution >= 4 is 11.9 Å². The highest BCUT2D eigenvalue weighted by Gasteiger charge is 2.49. The Labute approximate surface area is 193 Å². The van der Waals surface area contributed by atoms with Crippen molar-refractivity contribution in [1.29, 1.82) is 0 Å². The zero-order valence-electron chi connectivity index (χ0n) is 20.2. The van der Waals surface area contributed by atoms with Gasteiger partial charge in [-0.3, -0.25) is 0 Å². The molecule has 0 aromatic heterocycles. The molecule has 32 heavy (non-hydrogen) atoms. The molecule has 3 aliphatic carbocycles. The largest absolute Gasteiger partial charge is 0.462 e. The monoisotopic (exact) mass is 450 g/mol. The lowest BCUT2D eigenvalue weighted by molar-refractivity contribution is -0.147. The lowest BCUT2D eigenvalue weighted by Gasteiger charge is -2.41. The summed E-state index contributed by atoms with van der Waals surface area (Å²) in [4.78, 5) is 26.1. The number of hydrogen-bond donors (Lipinski definition) is 2. The SMILES string of the molecule is CCCCC(CC)COC(=O)C1=C(C(=O)OCC(CC)CCCC)[C@@H]2C=C[C@H]1C(O)C2O. The summed E-state index contributed by atoms with van der Waals surface area (Å²) in [5, 5.41) is 21.0. The first-order valence-corrected chi connectivity index (χ1v) is 12.5. The number of fused-ring (bicyclic) bond motifs is 1. The zero-order valence-corrected chi connectivity index (χ0v) is 20.2. The molecule has 6 heteroatoms. The van der Waals surface area contributed by atoms with Gasteiger partial charge in [0.05, 0.1) is 36.6 Å². The summed E-state index contributed by atoms with van der Waals surface area (Å²) >= 11 is 0. The molecular weight excluding hydrogens is 408 g/mol. The number of aliphatic hydroxyl groups is 2. The minimum Gasteiger partial charge on any atom is -0.462 e. The van der Waals surface area contributed by atoms with Gasteiger partial charge in [-0.05, 0) is 24.7 Å². The van der Waals surface area contributed by atoms with Crippen molar-refractivity contribution in [3.8, 4) is 0 Å². The minimum atomic E-state index is -1.14. The Hall–Kier alpha value is -1.66. The fourth-order valence-corrected chi connectivity index (χ4v) is 4.62. The van der Waals surface area contributed by atoms with Crippen molar-refractivity contribution in [2.24, 2.45) is 23.7 Å². The number of carbonyl (C=O) groups is 2. The number of unbranched alkanes of at least 4 members (excludes halogenated alkanes) is 2. The molecule has 0 spiro atoms. The van der Waals surface area contributed by atoms with E-state index < -0.39 is 36.0 Å². The van der Waals surface area contributed by atoms with Crippen LogP contribution in [-0.4, -0.2) is 47.6 Å². The highest BCUT2D eigenvalue weighted by atomic mass is 16.5. The molecule has 0 fully saturated rings. The van der Waals surface area contributed by atoms with E-state index in [1.54, 1.807) is 12.2 Å². The molecule has 2 N–H and O–H groups in total. The van der Waals surface area contributed by atoms with E-state index in [-0.39, 0.29) is 36.2 Å². The predicted octanol–water partition coefficient (Wildman–Crippen LogP) is 4.34. The average Bonchev–Trinajstić information content (AvgIpc) is 2.81. The third-order valence-electron chi connectivity index (χ3n) is 7.00. The molecule has 0 aliphatic heterocycles. The van der Waals surface area contributed by atoms with Crippen LogP contribution in [0.3, 0.4) is 0 Å². The smallest absolute Gasteiger partial charge is 0.335 e. The van der Waals surface area contributed by atoms with Gasteiger partial charge in [-0.1, -0.05) is 78.4 Å². The lowest BCUT2D eigenvalue weighted by atomic mass is 9.68. The Kier molecular flexibility index (Phi) is 10.9. The van der Waals surface area contributed by atoms with E-state index in [0.29, 0.717) is 0 Å². The average molecular weight is 451 g/mol. The van der Waals surface area contributed by atoms with Gasteiger partial charge in [0, 0.05) is 11.8 Å². The van der Waals surface area contributed by atoms with Crippen molar-refractivity contribution < 1.29 is 29.3 Å². The van der Waals surface area contributed by atoms with Crippen LogP contribution in [0.5, 0.6) is 0 Å². The number of ether oxygens (including phenoxy) is 2. The Bertz CT molecular complexity index is 626. The molecule has 0 aromatic carbocycles. The first kappa shape index (κ1) is 26.6. The van der Waals surface area contributed by atoms with Crippen molar-refractivity contribution in [2.75, 3.05) is 13.2 Å². The highest BCUT2D eigenvalue weighted by molar-refractivity contribution is 6.02. The normalized spacial score (nSPS) is 26.2. The summed E-state index contributed by atoms with van der Waals surface area (Å²) < 4.78 is 11.2. The van der Waals surface area contributed by atoms with Gasteiger partial charge < -0.3 is 19.7 Å². The van der Waals surface area contributed by atoms with Gasteiger partial charge in [0.1, 0.15) is 0 Å². The van der Waals surface area contributed by atoms with E-state index >= 15 is 0 Å². The van der Waals surface area contributed by atoms with Crippen LogP contribution in [0, 0.1) is 23.7 Å². The van der Waals surface area contributed by atoms with Gasteiger partial charge in [0.15, 0.2) is 0 Å². The molecule has 0 saturated heterocycles. The van der Waals surface area contributed by atoms with E-state index in [4.69, 9.17) is 9.47 Å². The van der Waals surface area contributed by atoms with Crippen LogP contribution in [0.1, 0.15) is 79.1 Å². The van der Waals surface area contributed by atoms with Crippen molar-refractivity contribution in [3.05, 3.63) is 23.3 Å². The van der Waals surface area contributed by atoms with Crippen molar-refractivity contribution in [1.82, 2.24) is 0 Å². The number of carbonyl (C=O) groups excluding carboxylic acids is 2. The van der Waals surface area contributed by atoms with Crippen LogP contribution in [0.25, 0.3) is 0 Å². The molecular formula is C26H42O6. The first-order chi connectivity index (χ1) is 15.4. The molecule has 0 radical (unpaired) electrons. The minimum absolute atomic E-state index is 0.146. The van der Waals surface area contributed by atoms with Gasteiger partial charge in [0.25, 0.3) is 0 Å². The standard InChI is InChI=1S/C26H42O6/c1-5-9-11-17(7-3)15-31-25(29)21-19-13-14-20(24(28)23(19)27)22(21)26(30)32-16-18(8-4)12-10-6-2/h13-14,17-20,23-24,27-28H,5-12,15-16H2,1-4H3/t17?,18?,19-,20+,23?,24?. The molecule has 0 amide bonds. The molecule has 0 aromatic rings. The maximum Gasteiger partial charge on any atom is 0.335 e.